The van der Waals surface area contributed by atoms with Gasteiger partial charge in [-0.3, -0.25) is 14.4 Å². The van der Waals surface area contributed by atoms with Crippen LogP contribution >= 0.6 is 0 Å². The fraction of sp³-hybridized carbons (Fsp3) is 0.318. The SMILES string of the molecule is Cc1ccc(CN2CC(C(=O)NC(CC(=O)O)c3ccccc3)CC2=O)cc1. The standard InChI is InChI=1S/C22H24N2O4/c1-15-7-9-16(10-8-15)13-24-14-18(11-20(24)25)22(28)23-19(12-21(26)27)17-5-3-2-4-6-17/h2-10,18-19H,11-14H2,1H3,(H,23,28)(H,26,27). The Hall–Kier alpha value is -3.15. The zero-order valence-electron chi connectivity index (χ0n) is 15.8. The van der Waals surface area contributed by atoms with Crippen molar-refractivity contribution in [2.45, 2.75) is 32.4 Å². The summed E-state index contributed by atoms with van der Waals surface area (Å²) in [5, 5.41) is 12.0. The summed E-state index contributed by atoms with van der Waals surface area (Å²) >= 11 is 0. The third kappa shape index (κ3) is 4.97. The minimum Gasteiger partial charge on any atom is -0.481 e. The van der Waals surface area contributed by atoms with Crippen molar-refractivity contribution in [3.63, 3.8) is 0 Å². The topological polar surface area (TPSA) is 86.7 Å². The van der Waals surface area contributed by atoms with Crippen LogP contribution in [0.3, 0.4) is 0 Å². The van der Waals surface area contributed by atoms with Gasteiger partial charge in [0.25, 0.3) is 0 Å². The van der Waals surface area contributed by atoms with E-state index < -0.39 is 17.9 Å². The molecule has 6 heteroatoms. The number of carboxylic acid groups (broad SMARTS) is 1. The van der Waals surface area contributed by atoms with Crippen molar-refractivity contribution in [3.8, 4) is 0 Å². The molecule has 2 N–H and O–H groups in total. The van der Waals surface area contributed by atoms with Gasteiger partial charge in [-0.25, -0.2) is 0 Å². The lowest BCUT2D eigenvalue weighted by Gasteiger charge is -2.20. The number of hydrogen-bond acceptors (Lipinski definition) is 3. The number of aryl methyl sites for hydroxylation is 1. The summed E-state index contributed by atoms with van der Waals surface area (Å²) in [5.74, 6) is -1.80. The zero-order chi connectivity index (χ0) is 20.1. The average Bonchev–Trinajstić information content (AvgIpc) is 3.04. The molecule has 0 saturated carbocycles. The van der Waals surface area contributed by atoms with Gasteiger partial charge < -0.3 is 15.3 Å². The molecule has 1 fully saturated rings. The molecule has 1 aliphatic rings. The number of amides is 2. The first kappa shape index (κ1) is 19.6. The molecule has 2 unspecified atom stereocenters. The van der Waals surface area contributed by atoms with Crippen LogP contribution in [0.5, 0.6) is 0 Å². The van der Waals surface area contributed by atoms with E-state index in [9.17, 15) is 19.5 Å². The Balaban J connectivity index is 1.64. The number of carbonyl (C=O) groups is 3. The highest BCUT2D eigenvalue weighted by Crippen LogP contribution is 2.23. The minimum absolute atomic E-state index is 0.0600. The molecule has 0 bridgehead atoms. The molecule has 1 aliphatic heterocycles. The van der Waals surface area contributed by atoms with E-state index in [-0.39, 0.29) is 24.7 Å². The Kier molecular flexibility index (Phi) is 6.09. The van der Waals surface area contributed by atoms with Crippen LogP contribution in [0.2, 0.25) is 0 Å². The Morgan fingerprint density at radius 2 is 1.82 bits per heavy atom. The van der Waals surface area contributed by atoms with Crippen LogP contribution in [0.1, 0.15) is 35.6 Å². The molecular formula is C22H24N2O4. The van der Waals surface area contributed by atoms with Crippen molar-refractivity contribution >= 4 is 17.8 Å². The predicted octanol–water partition coefficient (Wildman–Crippen LogP) is 2.68. The Morgan fingerprint density at radius 3 is 2.46 bits per heavy atom. The zero-order valence-corrected chi connectivity index (χ0v) is 15.8. The van der Waals surface area contributed by atoms with Crippen LogP contribution in [0.4, 0.5) is 0 Å². The highest BCUT2D eigenvalue weighted by atomic mass is 16.4. The lowest BCUT2D eigenvalue weighted by atomic mass is 10.0. The normalized spacial score (nSPS) is 17.4. The van der Waals surface area contributed by atoms with Crippen molar-refractivity contribution in [2.24, 2.45) is 5.92 Å². The molecule has 28 heavy (non-hydrogen) atoms. The molecule has 0 radical (unpaired) electrons. The number of nitrogens with zero attached hydrogens (tertiary/aromatic N) is 1. The second-order valence-electron chi connectivity index (χ2n) is 7.23. The summed E-state index contributed by atoms with van der Waals surface area (Å²) in [5.41, 5.74) is 2.91. The van der Waals surface area contributed by atoms with Crippen molar-refractivity contribution in [1.29, 1.82) is 0 Å². The van der Waals surface area contributed by atoms with Gasteiger partial charge in [0.1, 0.15) is 0 Å². The van der Waals surface area contributed by atoms with E-state index in [1.54, 1.807) is 29.2 Å². The molecule has 2 aromatic rings. The van der Waals surface area contributed by atoms with E-state index in [1.807, 2.05) is 37.3 Å². The number of carbonyl (C=O) groups excluding carboxylic acids is 2. The third-order valence-electron chi connectivity index (χ3n) is 4.98. The molecule has 0 spiro atoms. The van der Waals surface area contributed by atoms with E-state index in [4.69, 9.17) is 0 Å². The molecule has 2 atom stereocenters. The highest BCUT2D eigenvalue weighted by molar-refractivity contribution is 5.89. The van der Waals surface area contributed by atoms with E-state index in [0.29, 0.717) is 13.1 Å². The Labute approximate surface area is 164 Å². The maximum Gasteiger partial charge on any atom is 0.305 e. The maximum absolute atomic E-state index is 12.7. The summed E-state index contributed by atoms with van der Waals surface area (Å²) in [7, 11) is 0. The Morgan fingerprint density at radius 1 is 1.14 bits per heavy atom. The van der Waals surface area contributed by atoms with Gasteiger partial charge in [0, 0.05) is 19.5 Å². The first-order valence-corrected chi connectivity index (χ1v) is 9.33. The number of carboxylic acids is 1. The highest BCUT2D eigenvalue weighted by Gasteiger charge is 2.35. The molecular weight excluding hydrogens is 356 g/mol. The number of rotatable bonds is 7. The lowest BCUT2D eigenvalue weighted by Crippen LogP contribution is -2.36. The van der Waals surface area contributed by atoms with Crippen LogP contribution < -0.4 is 5.32 Å². The van der Waals surface area contributed by atoms with Gasteiger partial charge in [-0.2, -0.15) is 0 Å². The summed E-state index contributed by atoms with van der Waals surface area (Å²) in [6, 6.07) is 16.4. The number of hydrogen-bond donors (Lipinski definition) is 2. The minimum atomic E-state index is -0.988. The predicted molar refractivity (Wildman–Crippen MR) is 104 cm³/mol. The van der Waals surface area contributed by atoms with Crippen LogP contribution in [0, 0.1) is 12.8 Å². The number of nitrogens with one attached hydrogen (secondary N) is 1. The molecule has 2 amide bonds. The van der Waals surface area contributed by atoms with E-state index in [2.05, 4.69) is 5.32 Å². The van der Waals surface area contributed by atoms with E-state index >= 15 is 0 Å². The molecule has 0 aliphatic carbocycles. The number of aliphatic carboxylic acids is 1. The lowest BCUT2D eigenvalue weighted by molar-refractivity contribution is -0.138. The van der Waals surface area contributed by atoms with Crippen molar-refractivity contribution in [3.05, 3.63) is 71.3 Å². The van der Waals surface area contributed by atoms with Gasteiger partial charge in [0.05, 0.1) is 18.4 Å². The fourth-order valence-electron chi connectivity index (χ4n) is 3.42. The number of benzene rings is 2. The van der Waals surface area contributed by atoms with Gasteiger partial charge in [-0.15, -0.1) is 0 Å². The second kappa shape index (κ2) is 8.69. The van der Waals surface area contributed by atoms with Crippen molar-refractivity contribution in [1.82, 2.24) is 10.2 Å². The van der Waals surface area contributed by atoms with Crippen LogP contribution in [-0.4, -0.2) is 34.3 Å². The quantitative estimate of drug-likeness (QED) is 0.773. The largest absolute Gasteiger partial charge is 0.481 e. The van der Waals surface area contributed by atoms with Crippen molar-refractivity contribution in [2.75, 3.05) is 6.54 Å². The van der Waals surface area contributed by atoms with Crippen molar-refractivity contribution < 1.29 is 19.5 Å². The smallest absolute Gasteiger partial charge is 0.305 e. The average molecular weight is 380 g/mol. The van der Waals surface area contributed by atoms with Gasteiger partial charge in [0.2, 0.25) is 11.8 Å². The summed E-state index contributed by atoms with van der Waals surface area (Å²) in [6.45, 7) is 2.82. The van der Waals surface area contributed by atoms with Gasteiger partial charge >= 0.3 is 5.97 Å². The third-order valence-corrected chi connectivity index (χ3v) is 4.98. The monoisotopic (exact) mass is 380 g/mol. The molecule has 146 valence electrons. The van der Waals surface area contributed by atoms with Gasteiger partial charge in [-0.05, 0) is 18.1 Å². The molecule has 1 saturated heterocycles. The maximum atomic E-state index is 12.7. The molecule has 0 aromatic heterocycles. The van der Waals surface area contributed by atoms with E-state index in [0.717, 1.165) is 16.7 Å². The van der Waals surface area contributed by atoms with Crippen LogP contribution in [-0.2, 0) is 20.9 Å². The number of likely N-dealkylation sites (tertiary alicyclic amines) is 1. The first-order chi connectivity index (χ1) is 13.4. The van der Waals surface area contributed by atoms with Gasteiger partial charge in [0.15, 0.2) is 0 Å². The Bertz CT molecular complexity index is 849. The second-order valence-corrected chi connectivity index (χ2v) is 7.23. The van der Waals surface area contributed by atoms with E-state index in [1.165, 1.54) is 0 Å². The molecule has 1 heterocycles. The molecule has 3 rings (SSSR count). The first-order valence-electron chi connectivity index (χ1n) is 9.33. The molecule has 6 nitrogen and oxygen atoms in total. The molecule has 2 aromatic carbocycles. The summed E-state index contributed by atoms with van der Waals surface area (Å²) in [6.07, 6.45) is -0.0597. The summed E-state index contributed by atoms with van der Waals surface area (Å²) in [4.78, 5) is 37.9. The summed E-state index contributed by atoms with van der Waals surface area (Å²) < 4.78 is 0. The van der Waals surface area contributed by atoms with Crippen LogP contribution in [0.25, 0.3) is 0 Å². The van der Waals surface area contributed by atoms with Crippen LogP contribution in [0.15, 0.2) is 54.6 Å². The fourth-order valence-corrected chi connectivity index (χ4v) is 3.42. The van der Waals surface area contributed by atoms with Gasteiger partial charge in [-0.1, -0.05) is 60.2 Å².